The molecule has 0 radical (unpaired) electrons. The third kappa shape index (κ3) is 1.72. The van der Waals surface area contributed by atoms with Crippen LogP contribution in [0.5, 0.6) is 0 Å². The van der Waals surface area contributed by atoms with E-state index in [9.17, 15) is 8.42 Å². The van der Waals surface area contributed by atoms with Gasteiger partial charge in [-0.25, -0.2) is 8.42 Å². The number of hydrogen-bond donors (Lipinski definition) is 0. The zero-order valence-corrected chi connectivity index (χ0v) is 10.5. The largest absolute Gasteiger partial charge is 0.301 e. The lowest BCUT2D eigenvalue weighted by molar-refractivity contribution is 0.118. The van der Waals surface area contributed by atoms with Crippen LogP contribution in [0.1, 0.15) is 38.5 Å². The molecular formula is C11H21NO2S. The molecule has 0 bridgehead atoms. The topological polar surface area (TPSA) is 37.4 Å². The van der Waals surface area contributed by atoms with Gasteiger partial charge in [-0.2, -0.15) is 0 Å². The Morgan fingerprint density at radius 1 is 1.13 bits per heavy atom. The van der Waals surface area contributed by atoms with E-state index in [4.69, 9.17) is 0 Å². The molecule has 4 heteroatoms. The second-order valence-electron chi connectivity index (χ2n) is 5.25. The molecule has 2 aliphatic rings. The van der Waals surface area contributed by atoms with Crippen molar-refractivity contribution in [1.29, 1.82) is 0 Å². The van der Waals surface area contributed by atoms with E-state index in [1.165, 1.54) is 19.3 Å². The Hall–Kier alpha value is -0.0900. The Labute approximate surface area is 92.8 Å². The maximum absolute atomic E-state index is 11.8. The smallest absolute Gasteiger partial charge is 0.156 e. The molecule has 1 heterocycles. The zero-order chi connectivity index (χ0) is 11.1. The minimum absolute atomic E-state index is 0.0285. The molecule has 2 atom stereocenters. The van der Waals surface area contributed by atoms with Gasteiger partial charge < -0.3 is 4.90 Å². The standard InChI is InChI=1S/C11H21NO2S/c1-12(2)11-8-6-4-3-5-7-10(11)15(13,14)9-11/h10H,3-9H2,1-2H3. The van der Waals surface area contributed by atoms with Crippen molar-refractivity contribution in [2.75, 3.05) is 19.8 Å². The van der Waals surface area contributed by atoms with Crippen molar-refractivity contribution in [2.24, 2.45) is 0 Å². The molecule has 0 spiro atoms. The SMILES string of the molecule is CN(C)C12CCCCCCC1S(=O)(=O)C2. The van der Waals surface area contributed by atoms with Crippen LogP contribution >= 0.6 is 0 Å². The molecule has 2 fully saturated rings. The van der Waals surface area contributed by atoms with E-state index < -0.39 is 9.84 Å². The highest BCUT2D eigenvalue weighted by Gasteiger charge is 2.58. The average Bonchev–Trinajstić information content (AvgIpc) is 2.09. The Bertz CT molecular complexity index is 336. The summed E-state index contributed by atoms with van der Waals surface area (Å²) >= 11 is 0. The molecular weight excluding hydrogens is 210 g/mol. The van der Waals surface area contributed by atoms with E-state index in [2.05, 4.69) is 4.90 Å². The van der Waals surface area contributed by atoms with E-state index in [1.54, 1.807) is 0 Å². The summed E-state index contributed by atoms with van der Waals surface area (Å²) in [5.41, 5.74) is -0.0285. The fraction of sp³-hybridized carbons (Fsp3) is 1.00. The van der Waals surface area contributed by atoms with Crippen molar-refractivity contribution in [2.45, 2.75) is 49.3 Å². The van der Waals surface area contributed by atoms with E-state index in [1.807, 2.05) is 14.1 Å². The number of fused-ring (bicyclic) bond motifs is 1. The van der Waals surface area contributed by atoms with Gasteiger partial charge in [-0.05, 0) is 26.9 Å². The number of rotatable bonds is 1. The third-order valence-electron chi connectivity index (χ3n) is 4.20. The average molecular weight is 231 g/mol. The van der Waals surface area contributed by atoms with E-state index in [0.717, 1.165) is 19.3 Å². The molecule has 3 nitrogen and oxygen atoms in total. The Balaban J connectivity index is 2.25. The van der Waals surface area contributed by atoms with Gasteiger partial charge in [0.2, 0.25) is 0 Å². The van der Waals surface area contributed by atoms with Crippen LogP contribution in [0.25, 0.3) is 0 Å². The Kier molecular flexibility index (Phi) is 2.84. The molecule has 2 rings (SSSR count). The van der Waals surface area contributed by atoms with Crippen LogP contribution in [0.2, 0.25) is 0 Å². The van der Waals surface area contributed by atoms with Crippen molar-refractivity contribution in [3.8, 4) is 0 Å². The highest BCUT2D eigenvalue weighted by Crippen LogP contribution is 2.44. The second-order valence-corrected chi connectivity index (χ2v) is 7.43. The summed E-state index contributed by atoms with van der Waals surface area (Å²) in [6.45, 7) is 0. The van der Waals surface area contributed by atoms with Gasteiger partial charge in [0.15, 0.2) is 9.84 Å². The highest BCUT2D eigenvalue weighted by molar-refractivity contribution is 7.93. The fourth-order valence-corrected chi connectivity index (χ4v) is 6.02. The summed E-state index contributed by atoms with van der Waals surface area (Å²) < 4.78 is 23.6. The van der Waals surface area contributed by atoms with E-state index >= 15 is 0 Å². The molecule has 88 valence electrons. The van der Waals surface area contributed by atoms with E-state index in [0.29, 0.717) is 5.75 Å². The van der Waals surface area contributed by atoms with Gasteiger partial charge in [-0.1, -0.05) is 25.7 Å². The van der Waals surface area contributed by atoms with Gasteiger partial charge in [0, 0.05) is 0 Å². The summed E-state index contributed by atoms with van der Waals surface area (Å²) in [6.07, 6.45) is 6.67. The molecule has 0 aromatic carbocycles. The molecule has 15 heavy (non-hydrogen) atoms. The maximum Gasteiger partial charge on any atom is 0.156 e. The Morgan fingerprint density at radius 3 is 2.40 bits per heavy atom. The molecule has 0 N–H and O–H groups in total. The summed E-state index contributed by atoms with van der Waals surface area (Å²) in [7, 11) is 1.30. The van der Waals surface area contributed by atoms with Crippen LogP contribution in [-0.2, 0) is 9.84 Å². The molecule has 1 aliphatic carbocycles. The van der Waals surface area contributed by atoms with Gasteiger partial charge in [0.25, 0.3) is 0 Å². The van der Waals surface area contributed by atoms with Crippen molar-refractivity contribution < 1.29 is 8.42 Å². The normalized spacial score (nSPS) is 40.1. The van der Waals surface area contributed by atoms with Crippen LogP contribution in [0, 0.1) is 0 Å². The van der Waals surface area contributed by atoms with Crippen LogP contribution < -0.4 is 0 Å². The first-order valence-corrected chi connectivity index (χ1v) is 7.60. The summed E-state index contributed by atoms with van der Waals surface area (Å²) in [4.78, 5) is 2.16. The first kappa shape index (κ1) is 11.4. The predicted octanol–water partition coefficient (Wildman–Crippen LogP) is 1.44. The third-order valence-corrected chi connectivity index (χ3v) is 6.64. The van der Waals surface area contributed by atoms with Crippen molar-refractivity contribution in [3.05, 3.63) is 0 Å². The Morgan fingerprint density at radius 2 is 1.80 bits per heavy atom. The molecule has 1 saturated heterocycles. The van der Waals surface area contributed by atoms with Gasteiger partial charge in [-0.15, -0.1) is 0 Å². The molecule has 1 saturated carbocycles. The number of nitrogens with zero attached hydrogens (tertiary/aromatic N) is 1. The lowest BCUT2D eigenvalue weighted by Crippen LogP contribution is -2.70. The highest BCUT2D eigenvalue weighted by atomic mass is 32.2. The number of sulfone groups is 1. The second kappa shape index (κ2) is 3.74. The lowest BCUT2D eigenvalue weighted by atomic mass is 9.83. The summed E-state index contributed by atoms with van der Waals surface area (Å²) in [5, 5.41) is -0.0831. The molecule has 0 amide bonds. The predicted molar refractivity (Wildman–Crippen MR) is 61.7 cm³/mol. The van der Waals surface area contributed by atoms with Crippen LogP contribution in [-0.4, -0.2) is 44.0 Å². The van der Waals surface area contributed by atoms with Crippen molar-refractivity contribution in [1.82, 2.24) is 4.90 Å². The number of hydrogen-bond acceptors (Lipinski definition) is 3. The first-order chi connectivity index (χ1) is 6.99. The zero-order valence-electron chi connectivity index (χ0n) is 9.70. The minimum atomic E-state index is -2.77. The molecule has 0 aromatic heterocycles. The monoisotopic (exact) mass is 231 g/mol. The van der Waals surface area contributed by atoms with Crippen LogP contribution in [0.3, 0.4) is 0 Å². The summed E-state index contributed by atoms with van der Waals surface area (Å²) in [6, 6.07) is 0. The van der Waals surface area contributed by atoms with Crippen LogP contribution in [0.15, 0.2) is 0 Å². The van der Waals surface area contributed by atoms with Gasteiger partial charge in [0.1, 0.15) is 0 Å². The van der Waals surface area contributed by atoms with Gasteiger partial charge >= 0.3 is 0 Å². The van der Waals surface area contributed by atoms with Gasteiger partial charge in [-0.3, -0.25) is 0 Å². The maximum atomic E-state index is 11.8. The van der Waals surface area contributed by atoms with E-state index in [-0.39, 0.29) is 10.8 Å². The van der Waals surface area contributed by atoms with Gasteiger partial charge in [0.05, 0.1) is 16.5 Å². The first-order valence-electron chi connectivity index (χ1n) is 5.88. The quantitative estimate of drug-likeness (QED) is 0.685. The minimum Gasteiger partial charge on any atom is -0.301 e. The molecule has 2 unspecified atom stereocenters. The molecule has 0 aromatic rings. The van der Waals surface area contributed by atoms with Crippen molar-refractivity contribution >= 4 is 9.84 Å². The van der Waals surface area contributed by atoms with Crippen LogP contribution in [0.4, 0.5) is 0 Å². The summed E-state index contributed by atoms with van der Waals surface area (Å²) in [5.74, 6) is 0.387. The molecule has 1 aliphatic heterocycles. The van der Waals surface area contributed by atoms with Crippen molar-refractivity contribution in [3.63, 3.8) is 0 Å². The lowest BCUT2D eigenvalue weighted by Gasteiger charge is -2.54. The fourth-order valence-electron chi connectivity index (χ4n) is 3.21.